The zero-order chi connectivity index (χ0) is 24.9. The van der Waals surface area contributed by atoms with E-state index in [1.807, 2.05) is 6.92 Å². The summed E-state index contributed by atoms with van der Waals surface area (Å²) in [5.74, 6) is 1.42. The molecule has 7 unspecified atom stereocenters. The van der Waals surface area contributed by atoms with Crippen LogP contribution in [0.3, 0.4) is 0 Å². The van der Waals surface area contributed by atoms with Gasteiger partial charge in [-0.3, -0.25) is 0 Å². The zero-order valence-corrected chi connectivity index (χ0v) is 21.7. The van der Waals surface area contributed by atoms with Gasteiger partial charge in [0.25, 0.3) is 0 Å². The topological polar surface area (TPSA) is 69.4 Å². The summed E-state index contributed by atoms with van der Waals surface area (Å²) in [6, 6.07) is 0. The Balaban J connectivity index is 1.46. The molecule has 4 saturated carbocycles. The molecule has 4 fully saturated rings. The first-order chi connectivity index (χ1) is 15.6. The standard InChI is InChI=1S/C26H40F3NO3S/c1-16-17-9-13-24(4)21(22(17,2)12-10-20(16)33-34(31,32)26(27,28)29)8-7-18-19-6-5-11-25(19,30)15-14-23(18,24)3/h10,16-19,21H,5-9,11-15,30H2,1-4H3/t16?,17?,18?,19-,21?,22?,23-,24?,25?/m1/s1. The molecule has 0 aliphatic heterocycles. The van der Waals surface area contributed by atoms with Crippen LogP contribution in [0.25, 0.3) is 0 Å². The summed E-state index contributed by atoms with van der Waals surface area (Å²) in [4.78, 5) is 0. The molecule has 0 aromatic carbocycles. The first kappa shape index (κ1) is 24.9. The molecule has 34 heavy (non-hydrogen) atoms. The van der Waals surface area contributed by atoms with Gasteiger partial charge in [-0.25, -0.2) is 0 Å². The summed E-state index contributed by atoms with van der Waals surface area (Å²) in [5.41, 5.74) is 1.81. The van der Waals surface area contributed by atoms with Crippen LogP contribution in [0.1, 0.15) is 91.9 Å². The lowest BCUT2D eigenvalue weighted by Gasteiger charge is -2.71. The van der Waals surface area contributed by atoms with Gasteiger partial charge < -0.3 is 9.92 Å². The predicted octanol–water partition coefficient (Wildman–Crippen LogP) is 6.52. The van der Waals surface area contributed by atoms with E-state index in [4.69, 9.17) is 5.73 Å². The minimum absolute atomic E-state index is 0.00673. The molecular formula is C26H40F3NO3S. The fraction of sp³-hybridized carbons (Fsp3) is 0.923. The van der Waals surface area contributed by atoms with E-state index in [1.54, 1.807) is 6.08 Å². The van der Waals surface area contributed by atoms with E-state index in [9.17, 15) is 21.6 Å². The summed E-state index contributed by atoms with van der Waals surface area (Å²) in [5, 5.41) is 0. The largest absolute Gasteiger partial charge is 0.534 e. The Bertz CT molecular complexity index is 996. The molecule has 4 nitrogen and oxygen atoms in total. The number of nitrogens with two attached hydrogens (primary N) is 1. The second-order valence-electron chi connectivity index (χ2n) is 13.0. The van der Waals surface area contributed by atoms with Crippen molar-refractivity contribution in [1.82, 2.24) is 0 Å². The van der Waals surface area contributed by atoms with Crippen LogP contribution in [0.4, 0.5) is 13.2 Å². The molecule has 5 rings (SSSR count). The second kappa shape index (κ2) is 7.39. The highest BCUT2D eigenvalue weighted by molar-refractivity contribution is 7.87. The van der Waals surface area contributed by atoms with Crippen molar-refractivity contribution in [2.75, 3.05) is 0 Å². The van der Waals surface area contributed by atoms with Crippen molar-refractivity contribution in [3.05, 3.63) is 11.8 Å². The Morgan fingerprint density at radius 1 is 0.941 bits per heavy atom. The lowest BCUT2D eigenvalue weighted by molar-refractivity contribution is -0.211. The van der Waals surface area contributed by atoms with E-state index >= 15 is 0 Å². The molecule has 0 aromatic rings. The molecule has 0 radical (unpaired) electrons. The molecule has 5 aliphatic carbocycles. The normalized spacial score (nSPS) is 50.9. The summed E-state index contributed by atoms with van der Waals surface area (Å²) >= 11 is 0. The molecule has 194 valence electrons. The van der Waals surface area contributed by atoms with E-state index < -0.39 is 15.6 Å². The highest BCUT2D eigenvalue weighted by atomic mass is 32.2. The van der Waals surface area contributed by atoms with Crippen LogP contribution in [0.2, 0.25) is 0 Å². The third-order valence-electron chi connectivity index (χ3n) is 12.1. The smallest absolute Gasteiger partial charge is 0.381 e. The molecule has 8 heteroatoms. The van der Waals surface area contributed by atoms with E-state index in [-0.39, 0.29) is 39.4 Å². The van der Waals surface area contributed by atoms with Crippen molar-refractivity contribution in [1.29, 1.82) is 0 Å². The van der Waals surface area contributed by atoms with E-state index in [1.165, 1.54) is 19.3 Å². The Morgan fingerprint density at radius 2 is 1.65 bits per heavy atom. The van der Waals surface area contributed by atoms with Crippen molar-refractivity contribution in [2.24, 2.45) is 51.6 Å². The maximum Gasteiger partial charge on any atom is 0.534 e. The van der Waals surface area contributed by atoms with Gasteiger partial charge >= 0.3 is 15.6 Å². The molecule has 2 N–H and O–H groups in total. The first-order valence-electron chi connectivity index (χ1n) is 13.1. The van der Waals surface area contributed by atoms with Crippen molar-refractivity contribution >= 4 is 10.1 Å². The van der Waals surface area contributed by atoms with E-state index in [0.717, 1.165) is 38.5 Å². The first-order valence-corrected chi connectivity index (χ1v) is 14.5. The molecule has 5 aliphatic rings. The Morgan fingerprint density at radius 3 is 2.32 bits per heavy atom. The van der Waals surface area contributed by atoms with Crippen molar-refractivity contribution in [3.63, 3.8) is 0 Å². The lowest BCUT2D eigenvalue weighted by atomic mass is 9.34. The quantitative estimate of drug-likeness (QED) is 0.344. The molecular weight excluding hydrogens is 463 g/mol. The molecule has 0 amide bonds. The average Bonchev–Trinajstić information content (AvgIpc) is 3.12. The Labute approximate surface area is 202 Å². The van der Waals surface area contributed by atoms with Crippen molar-refractivity contribution < 1.29 is 25.8 Å². The maximum atomic E-state index is 13.0. The average molecular weight is 504 g/mol. The monoisotopic (exact) mass is 503 g/mol. The Kier molecular flexibility index (Phi) is 5.42. The number of fused-ring (bicyclic) bond motifs is 7. The highest BCUT2D eigenvalue weighted by Gasteiger charge is 2.68. The van der Waals surface area contributed by atoms with Crippen LogP contribution in [-0.2, 0) is 14.3 Å². The molecule has 0 spiro atoms. The van der Waals surface area contributed by atoms with Gasteiger partial charge in [0.1, 0.15) is 5.76 Å². The fourth-order valence-electron chi connectivity index (χ4n) is 10.1. The summed E-state index contributed by atoms with van der Waals surface area (Å²) in [6.07, 6.45) is 12.3. The van der Waals surface area contributed by atoms with Crippen LogP contribution in [0.5, 0.6) is 0 Å². The summed E-state index contributed by atoms with van der Waals surface area (Å²) in [6.45, 7) is 9.14. The fourth-order valence-corrected chi connectivity index (χ4v) is 10.7. The third-order valence-corrected chi connectivity index (χ3v) is 13.0. The van der Waals surface area contributed by atoms with Gasteiger partial charge in [-0.1, -0.05) is 34.1 Å². The molecule has 0 heterocycles. The van der Waals surface area contributed by atoms with Crippen molar-refractivity contribution in [3.8, 4) is 0 Å². The molecule has 0 aromatic heterocycles. The lowest BCUT2D eigenvalue weighted by Crippen LogP contribution is -2.66. The van der Waals surface area contributed by atoms with Crippen LogP contribution >= 0.6 is 0 Å². The predicted molar refractivity (Wildman–Crippen MR) is 125 cm³/mol. The molecule has 9 atom stereocenters. The van der Waals surface area contributed by atoms with Crippen LogP contribution < -0.4 is 5.73 Å². The van der Waals surface area contributed by atoms with Crippen LogP contribution in [0, 0.1) is 45.8 Å². The van der Waals surface area contributed by atoms with Crippen LogP contribution in [-0.4, -0.2) is 19.5 Å². The number of alkyl halides is 3. The highest BCUT2D eigenvalue weighted by Crippen LogP contribution is 2.74. The second-order valence-corrected chi connectivity index (χ2v) is 14.6. The van der Waals surface area contributed by atoms with E-state index in [0.29, 0.717) is 24.2 Å². The van der Waals surface area contributed by atoms with E-state index in [2.05, 4.69) is 25.0 Å². The number of allylic oxidation sites excluding steroid dienone is 2. The van der Waals surface area contributed by atoms with Gasteiger partial charge in [0.15, 0.2) is 0 Å². The number of halogens is 3. The minimum Gasteiger partial charge on any atom is -0.381 e. The number of hydrogen-bond acceptors (Lipinski definition) is 4. The van der Waals surface area contributed by atoms with Crippen LogP contribution in [0.15, 0.2) is 11.8 Å². The minimum atomic E-state index is -5.64. The molecule has 0 bridgehead atoms. The summed E-state index contributed by atoms with van der Waals surface area (Å²) in [7, 11) is -5.64. The maximum absolute atomic E-state index is 13.0. The van der Waals surface area contributed by atoms with Gasteiger partial charge in [-0.15, -0.1) is 0 Å². The van der Waals surface area contributed by atoms with Gasteiger partial charge in [-0.2, -0.15) is 21.6 Å². The van der Waals surface area contributed by atoms with Crippen molar-refractivity contribution in [2.45, 2.75) is 103 Å². The van der Waals surface area contributed by atoms with Gasteiger partial charge in [-0.05, 0) is 104 Å². The summed E-state index contributed by atoms with van der Waals surface area (Å²) < 4.78 is 67.0. The Hall–Kier alpha value is -0.760. The number of rotatable bonds is 2. The van der Waals surface area contributed by atoms with Gasteiger partial charge in [0, 0.05) is 11.5 Å². The third kappa shape index (κ3) is 3.15. The molecule has 0 saturated heterocycles. The SMILES string of the molecule is CC1C(OS(=O)(=O)C(F)(F)F)=CCC2(C)C1CCC1(C)C2CCC2[C@H]3CCCC3(N)CC[C@]21C. The number of hydrogen-bond donors (Lipinski definition) is 1. The van der Waals surface area contributed by atoms with Gasteiger partial charge in [0.2, 0.25) is 0 Å². The van der Waals surface area contributed by atoms with Gasteiger partial charge in [0.05, 0.1) is 0 Å². The zero-order valence-electron chi connectivity index (χ0n) is 20.9.